The van der Waals surface area contributed by atoms with Crippen LogP contribution in [-0.4, -0.2) is 19.1 Å². The van der Waals surface area contributed by atoms with Gasteiger partial charge in [-0.3, -0.25) is 4.57 Å². The van der Waals surface area contributed by atoms with E-state index in [0.29, 0.717) is 0 Å². The van der Waals surface area contributed by atoms with Crippen LogP contribution in [-0.2, 0) is 0 Å². The predicted molar refractivity (Wildman–Crippen MR) is 264 cm³/mol. The van der Waals surface area contributed by atoms with Crippen molar-refractivity contribution in [3.8, 4) is 67.3 Å². The summed E-state index contributed by atoms with van der Waals surface area (Å²) in [5.74, 6) is 0.811. The quantitative estimate of drug-likeness (QED) is 0.177. The van der Waals surface area contributed by atoms with E-state index in [2.05, 4.69) is 215 Å². The van der Waals surface area contributed by atoms with Gasteiger partial charge in [-0.1, -0.05) is 158 Å². The van der Waals surface area contributed by atoms with Gasteiger partial charge in [-0.25, -0.2) is 9.97 Å². The monoisotopic (exact) mass is 818 g/mol. The molecule has 292 valence electrons. The molecule has 0 saturated heterocycles. The standard InChI is InChI=1S/C58H34N4S/c1-3-16-35(17-4-1)37-30-38(36-18-5-2-6-19-36)32-39(31-37)54-57(59-55-46-24-11-14-29-53(46)63-58(55)60-54)62-50-28-13-10-23-43(50)47-33-51-48(34-52(47)62)45-26-15-25-44-41-21-8-7-20-40(41)42-22-9-12-27-49(42)61(51)56(44)45/h1-34H. The molecule has 0 amide bonds. The first-order chi connectivity index (χ1) is 31.2. The van der Waals surface area contributed by atoms with E-state index in [1.807, 2.05) is 0 Å². The normalized spacial score (nSPS) is 12.1. The third-order valence-electron chi connectivity index (χ3n) is 13.1. The lowest BCUT2D eigenvalue weighted by atomic mass is 9.94. The molecule has 0 N–H and O–H groups in total. The molecule has 5 heterocycles. The molecule has 1 aliphatic heterocycles. The molecule has 4 nitrogen and oxygen atoms in total. The minimum absolute atomic E-state index is 0.811. The minimum atomic E-state index is 0.811. The van der Waals surface area contributed by atoms with Crippen LogP contribution in [0, 0.1) is 0 Å². The van der Waals surface area contributed by atoms with Crippen molar-refractivity contribution in [1.82, 2.24) is 19.1 Å². The maximum atomic E-state index is 5.75. The van der Waals surface area contributed by atoms with Crippen LogP contribution in [0.3, 0.4) is 0 Å². The Kier molecular flexibility index (Phi) is 7.24. The molecule has 1 aliphatic rings. The summed E-state index contributed by atoms with van der Waals surface area (Å²) in [6, 6.07) is 74.9. The molecule has 0 unspecified atom stereocenters. The van der Waals surface area contributed by atoms with Crippen LogP contribution in [0.4, 0.5) is 0 Å². The van der Waals surface area contributed by atoms with Crippen LogP contribution in [0.2, 0.25) is 0 Å². The molecular formula is C58H34N4S. The maximum absolute atomic E-state index is 5.75. The fraction of sp³-hybridized carbons (Fsp3) is 0. The van der Waals surface area contributed by atoms with Gasteiger partial charge in [0.05, 0.1) is 27.8 Å². The van der Waals surface area contributed by atoms with Crippen LogP contribution < -0.4 is 0 Å². The Morgan fingerprint density at radius 3 is 1.67 bits per heavy atom. The SMILES string of the molecule is c1ccc(-c2cc(-c3ccccc3)cc(-c3nc4sc5ccccc5c4nc3-n3c4ccccc4c4cc5c(cc43)c3cccc4c3n5-c3ccccc3-c3ccccc3-4)c2)cc1. The van der Waals surface area contributed by atoms with E-state index in [1.165, 1.54) is 65.2 Å². The topological polar surface area (TPSA) is 35.6 Å². The maximum Gasteiger partial charge on any atom is 0.165 e. The Bertz CT molecular complexity index is 3970. The van der Waals surface area contributed by atoms with Crippen LogP contribution >= 0.6 is 11.3 Å². The van der Waals surface area contributed by atoms with Crippen molar-refractivity contribution in [2.75, 3.05) is 0 Å². The van der Waals surface area contributed by atoms with E-state index >= 15 is 0 Å². The predicted octanol–water partition coefficient (Wildman–Crippen LogP) is 15.7. The smallest absolute Gasteiger partial charge is 0.165 e. The number of para-hydroxylation sites is 3. The number of hydrogen-bond acceptors (Lipinski definition) is 3. The first kappa shape index (κ1) is 34.6. The molecule has 0 aliphatic carbocycles. The lowest BCUT2D eigenvalue weighted by molar-refractivity contribution is 1.09. The fourth-order valence-electron chi connectivity index (χ4n) is 10.3. The van der Waals surface area contributed by atoms with Crippen LogP contribution in [0.15, 0.2) is 206 Å². The number of aromatic nitrogens is 4. The number of fused-ring (bicyclic) bond motifs is 14. The molecule has 0 radical (unpaired) electrons. The van der Waals surface area contributed by atoms with Crippen LogP contribution in [0.5, 0.6) is 0 Å². The van der Waals surface area contributed by atoms with Gasteiger partial charge in [0.25, 0.3) is 0 Å². The van der Waals surface area contributed by atoms with Crippen molar-refractivity contribution >= 4 is 75.4 Å². The molecule has 0 fully saturated rings. The highest BCUT2D eigenvalue weighted by molar-refractivity contribution is 7.25. The van der Waals surface area contributed by atoms with Crippen LogP contribution in [0.1, 0.15) is 0 Å². The van der Waals surface area contributed by atoms with Crippen molar-refractivity contribution in [3.05, 3.63) is 206 Å². The lowest BCUT2D eigenvalue weighted by Gasteiger charge is -2.15. The van der Waals surface area contributed by atoms with Gasteiger partial charge in [-0.05, 0) is 81.9 Å². The second-order valence-corrected chi connectivity index (χ2v) is 17.5. The Morgan fingerprint density at radius 1 is 0.349 bits per heavy atom. The highest BCUT2D eigenvalue weighted by Crippen LogP contribution is 2.49. The highest BCUT2D eigenvalue weighted by Gasteiger charge is 2.27. The zero-order chi connectivity index (χ0) is 41.2. The van der Waals surface area contributed by atoms with Crippen molar-refractivity contribution in [2.45, 2.75) is 0 Å². The number of nitrogens with zero attached hydrogens (tertiary/aromatic N) is 4. The molecule has 14 rings (SSSR count). The average Bonchev–Trinajstić information content (AvgIpc) is 3.97. The molecule has 0 bridgehead atoms. The van der Waals surface area contributed by atoms with Crippen molar-refractivity contribution in [2.24, 2.45) is 0 Å². The van der Waals surface area contributed by atoms with Gasteiger partial charge in [0.15, 0.2) is 5.82 Å². The number of benzene rings is 9. The Morgan fingerprint density at radius 2 is 0.905 bits per heavy atom. The second kappa shape index (κ2) is 13.2. The zero-order valence-electron chi connectivity index (χ0n) is 33.8. The first-order valence-electron chi connectivity index (χ1n) is 21.4. The molecule has 0 saturated carbocycles. The van der Waals surface area contributed by atoms with E-state index in [1.54, 1.807) is 11.3 Å². The van der Waals surface area contributed by atoms with Crippen molar-refractivity contribution in [3.63, 3.8) is 0 Å². The van der Waals surface area contributed by atoms with Crippen molar-refractivity contribution in [1.29, 1.82) is 0 Å². The molecule has 5 heteroatoms. The largest absolute Gasteiger partial charge is 0.308 e. The molecule has 9 aromatic carbocycles. The molecular weight excluding hydrogens is 785 g/mol. The summed E-state index contributed by atoms with van der Waals surface area (Å²) < 4.78 is 6.07. The van der Waals surface area contributed by atoms with E-state index in [-0.39, 0.29) is 0 Å². The summed E-state index contributed by atoms with van der Waals surface area (Å²) in [6.07, 6.45) is 0. The minimum Gasteiger partial charge on any atom is -0.308 e. The van der Waals surface area contributed by atoms with Crippen LogP contribution in [0.25, 0.3) is 131 Å². The number of thiophene rings is 1. The van der Waals surface area contributed by atoms with Gasteiger partial charge in [0.1, 0.15) is 16.0 Å². The summed E-state index contributed by atoms with van der Waals surface area (Å²) in [7, 11) is 0. The third-order valence-corrected chi connectivity index (χ3v) is 14.1. The summed E-state index contributed by atoms with van der Waals surface area (Å²) in [6.45, 7) is 0. The summed E-state index contributed by atoms with van der Waals surface area (Å²) in [4.78, 5) is 12.3. The Hall–Kier alpha value is -8.12. The van der Waals surface area contributed by atoms with Gasteiger partial charge in [-0.2, -0.15) is 0 Å². The number of hydrogen-bond donors (Lipinski definition) is 0. The molecule has 13 aromatic rings. The van der Waals surface area contributed by atoms with E-state index in [0.717, 1.165) is 66.1 Å². The van der Waals surface area contributed by atoms with E-state index in [9.17, 15) is 0 Å². The molecule has 0 spiro atoms. The first-order valence-corrected chi connectivity index (χ1v) is 22.2. The third kappa shape index (κ3) is 5.03. The summed E-state index contributed by atoms with van der Waals surface area (Å²) in [5.41, 5.74) is 18.1. The van der Waals surface area contributed by atoms with E-state index < -0.39 is 0 Å². The van der Waals surface area contributed by atoms with Crippen molar-refractivity contribution < 1.29 is 0 Å². The Balaban J connectivity index is 1.12. The lowest BCUT2D eigenvalue weighted by Crippen LogP contribution is -2.03. The number of rotatable bonds is 4. The Labute approximate surface area is 366 Å². The summed E-state index contributed by atoms with van der Waals surface area (Å²) >= 11 is 1.71. The van der Waals surface area contributed by atoms with Gasteiger partial charge < -0.3 is 4.57 Å². The second-order valence-electron chi connectivity index (χ2n) is 16.5. The molecule has 0 atom stereocenters. The zero-order valence-corrected chi connectivity index (χ0v) is 34.6. The average molecular weight is 819 g/mol. The van der Waals surface area contributed by atoms with Gasteiger partial charge in [0.2, 0.25) is 0 Å². The molecule has 63 heavy (non-hydrogen) atoms. The van der Waals surface area contributed by atoms with Gasteiger partial charge in [0, 0.05) is 48.3 Å². The summed E-state index contributed by atoms with van der Waals surface area (Å²) in [5, 5.41) is 5.88. The fourth-order valence-corrected chi connectivity index (χ4v) is 11.3. The highest BCUT2D eigenvalue weighted by atomic mass is 32.1. The van der Waals surface area contributed by atoms with Gasteiger partial charge in [-0.15, -0.1) is 11.3 Å². The van der Waals surface area contributed by atoms with Gasteiger partial charge >= 0.3 is 0 Å². The molecule has 4 aromatic heterocycles. The van der Waals surface area contributed by atoms with E-state index in [4.69, 9.17) is 9.97 Å².